The molecule has 0 bridgehead atoms. The van der Waals surface area contributed by atoms with Crippen LogP contribution in [0.4, 0.5) is 0 Å². The molecule has 19 heavy (non-hydrogen) atoms. The molecule has 0 aliphatic heterocycles. The average molecular weight is 255 g/mol. The number of benzene rings is 1. The van der Waals surface area contributed by atoms with Crippen molar-refractivity contribution in [1.82, 2.24) is 10.4 Å². The Hall–Kier alpha value is -2.69. The minimum absolute atomic E-state index is 0.293. The molecule has 0 unspecified atom stereocenters. The van der Waals surface area contributed by atoms with E-state index in [9.17, 15) is 4.79 Å². The number of ether oxygens (including phenoxy) is 1. The number of hydrogen-bond donors (Lipinski definition) is 1. The zero-order valence-electron chi connectivity index (χ0n) is 10.4. The molecule has 0 saturated carbocycles. The number of rotatable bonds is 4. The number of nitrogens with one attached hydrogen (secondary N) is 1. The van der Waals surface area contributed by atoms with Crippen LogP contribution in [0.1, 0.15) is 15.9 Å². The number of amides is 1. The lowest BCUT2D eigenvalue weighted by atomic mass is 10.2. The van der Waals surface area contributed by atoms with Gasteiger partial charge >= 0.3 is 0 Å². The predicted octanol–water partition coefficient (Wildman–Crippen LogP) is 1.85. The molecule has 2 aromatic rings. The van der Waals surface area contributed by atoms with E-state index in [1.54, 1.807) is 49.8 Å². The molecule has 0 atom stereocenters. The van der Waals surface area contributed by atoms with Gasteiger partial charge in [0.1, 0.15) is 5.75 Å². The SMILES string of the molecule is COc1cccc(C(=O)N/N=C/c2cccnc2)c1. The summed E-state index contributed by atoms with van der Waals surface area (Å²) in [6.45, 7) is 0. The Morgan fingerprint density at radius 2 is 2.26 bits per heavy atom. The van der Waals surface area contributed by atoms with Gasteiger partial charge in [-0.25, -0.2) is 5.43 Å². The van der Waals surface area contributed by atoms with Gasteiger partial charge in [0.15, 0.2) is 0 Å². The lowest BCUT2D eigenvalue weighted by Gasteiger charge is -2.02. The van der Waals surface area contributed by atoms with Crippen molar-refractivity contribution in [3.8, 4) is 5.75 Å². The van der Waals surface area contributed by atoms with Crippen LogP contribution in [0.5, 0.6) is 5.75 Å². The van der Waals surface area contributed by atoms with Crippen molar-refractivity contribution in [1.29, 1.82) is 0 Å². The highest BCUT2D eigenvalue weighted by atomic mass is 16.5. The lowest BCUT2D eigenvalue weighted by molar-refractivity contribution is 0.0955. The first-order valence-electron chi connectivity index (χ1n) is 5.67. The number of pyridine rings is 1. The standard InChI is InChI=1S/C14H13N3O2/c1-19-13-6-2-5-12(8-13)14(18)17-16-10-11-4-3-7-15-9-11/h2-10H,1H3,(H,17,18)/b16-10+. The maximum atomic E-state index is 11.8. The van der Waals surface area contributed by atoms with E-state index in [0.29, 0.717) is 11.3 Å². The van der Waals surface area contributed by atoms with Crippen LogP contribution >= 0.6 is 0 Å². The molecule has 0 aliphatic rings. The highest BCUT2D eigenvalue weighted by Crippen LogP contribution is 2.12. The Balaban J connectivity index is 1.99. The normalized spacial score (nSPS) is 10.4. The van der Waals surface area contributed by atoms with Crippen molar-refractivity contribution in [3.63, 3.8) is 0 Å². The van der Waals surface area contributed by atoms with Crippen molar-refractivity contribution in [2.45, 2.75) is 0 Å². The molecular weight excluding hydrogens is 242 g/mol. The maximum Gasteiger partial charge on any atom is 0.271 e. The van der Waals surface area contributed by atoms with E-state index in [0.717, 1.165) is 5.56 Å². The van der Waals surface area contributed by atoms with E-state index in [2.05, 4.69) is 15.5 Å². The molecule has 1 aromatic heterocycles. The Morgan fingerprint density at radius 1 is 1.37 bits per heavy atom. The maximum absolute atomic E-state index is 11.8. The number of nitrogens with zero attached hydrogens (tertiary/aromatic N) is 2. The Morgan fingerprint density at radius 3 is 3.00 bits per heavy atom. The number of hydrazone groups is 1. The van der Waals surface area contributed by atoms with Gasteiger partial charge in [0.25, 0.3) is 5.91 Å². The summed E-state index contributed by atoms with van der Waals surface area (Å²) >= 11 is 0. The minimum atomic E-state index is -0.293. The van der Waals surface area contributed by atoms with Gasteiger partial charge in [-0.05, 0) is 24.3 Å². The molecule has 2 rings (SSSR count). The number of methoxy groups -OCH3 is 1. The van der Waals surface area contributed by atoms with Gasteiger partial charge in [-0.1, -0.05) is 12.1 Å². The molecule has 5 heteroatoms. The molecule has 0 aliphatic carbocycles. The lowest BCUT2D eigenvalue weighted by Crippen LogP contribution is -2.17. The molecule has 96 valence electrons. The minimum Gasteiger partial charge on any atom is -0.497 e. The van der Waals surface area contributed by atoms with Gasteiger partial charge in [-0.3, -0.25) is 9.78 Å². The van der Waals surface area contributed by atoms with Crippen LogP contribution in [0.15, 0.2) is 53.9 Å². The predicted molar refractivity (Wildman–Crippen MR) is 72.3 cm³/mol. The van der Waals surface area contributed by atoms with Crippen LogP contribution in [0, 0.1) is 0 Å². The third-order valence-electron chi connectivity index (χ3n) is 2.40. The van der Waals surface area contributed by atoms with E-state index < -0.39 is 0 Å². The van der Waals surface area contributed by atoms with Crippen molar-refractivity contribution in [2.24, 2.45) is 5.10 Å². The Kier molecular flexibility index (Phi) is 4.23. The van der Waals surface area contributed by atoms with E-state index in [-0.39, 0.29) is 5.91 Å². The second kappa shape index (κ2) is 6.30. The second-order valence-corrected chi connectivity index (χ2v) is 3.72. The fraction of sp³-hybridized carbons (Fsp3) is 0.0714. The van der Waals surface area contributed by atoms with E-state index in [1.807, 2.05) is 6.07 Å². The summed E-state index contributed by atoms with van der Waals surface area (Å²) in [5.74, 6) is 0.336. The van der Waals surface area contributed by atoms with Gasteiger partial charge in [0.05, 0.1) is 13.3 Å². The number of hydrogen-bond acceptors (Lipinski definition) is 4. The highest BCUT2D eigenvalue weighted by molar-refractivity contribution is 5.95. The van der Waals surface area contributed by atoms with Crippen LogP contribution in [0.25, 0.3) is 0 Å². The van der Waals surface area contributed by atoms with Crippen molar-refractivity contribution in [3.05, 3.63) is 59.9 Å². The van der Waals surface area contributed by atoms with E-state index >= 15 is 0 Å². The molecule has 0 radical (unpaired) electrons. The molecule has 5 nitrogen and oxygen atoms in total. The number of carbonyl (C=O) groups is 1. The van der Waals surface area contributed by atoms with Crippen molar-refractivity contribution >= 4 is 12.1 Å². The smallest absolute Gasteiger partial charge is 0.271 e. The van der Waals surface area contributed by atoms with Gasteiger partial charge in [-0.2, -0.15) is 5.10 Å². The zero-order valence-corrected chi connectivity index (χ0v) is 10.4. The topological polar surface area (TPSA) is 63.6 Å². The molecule has 1 amide bonds. The first kappa shape index (κ1) is 12.8. The van der Waals surface area contributed by atoms with Gasteiger partial charge in [-0.15, -0.1) is 0 Å². The van der Waals surface area contributed by atoms with Crippen LogP contribution < -0.4 is 10.2 Å². The summed E-state index contributed by atoms with van der Waals surface area (Å²) in [6, 6.07) is 10.5. The van der Waals surface area contributed by atoms with Crippen molar-refractivity contribution < 1.29 is 9.53 Å². The van der Waals surface area contributed by atoms with Crippen LogP contribution in [0.2, 0.25) is 0 Å². The third kappa shape index (κ3) is 3.64. The first-order valence-corrected chi connectivity index (χ1v) is 5.67. The Labute approximate surface area is 110 Å². The third-order valence-corrected chi connectivity index (χ3v) is 2.40. The van der Waals surface area contributed by atoms with Crippen LogP contribution in [-0.2, 0) is 0 Å². The Bertz CT molecular complexity index is 582. The number of carbonyl (C=O) groups excluding carboxylic acids is 1. The molecule has 1 N–H and O–H groups in total. The average Bonchev–Trinajstić information content (AvgIpc) is 2.48. The molecule has 0 fully saturated rings. The molecule has 0 spiro atoms. The van der Waals surface area contributed by atoms with E-state index in [1.165, 1.54) is 6.21 Å². The second-order valence-electron chi connectivity index (χ2n) is 3.72. The molecular formula is C14H13N3O2. The summed E-state index contributed by atoms with van der Waals surface area (Å²) in [5.41, 5.74) is 3.75. The summed E-state index contributed by atoms with van der Waals surface area (Å²) in [5, 5.41) is 3.87. The van der Waals surface area contributed by atoms with Gasteiger partial charge < -0.3 is 4.74 Å². The largest absolute Gasteiger partial charge is 0.497 e. The highest BCUT2D eigenvalue weighted by Gasteiger charge is 2.04. The fourth-order valence-corrected chi connectivity index (χ4v) is 1.45. The molecule has 1 aromatic carbocycles. The summed E-state index contributed by atoms with van der Waals surface area (Å²) in [7, 11) is 1.55. The summed E-state index contributed by atoms with van der Waals surface area (Å²) in [4.78, 5) is 15.7. The number of aromatic nitrogens is 1. The fourth-order valence-electron chi connectivity index (χ4n) is 1.45. The monoisotopic (exact) mass is 255 g/mol. The van der Waals surface area contributed by atoms with Crippen LogP contribution in [0.3, 0.4) is 0 Å². The van der Waals surface area contributed by atoms with Crippen LogP contribution in [-0.4, -0.2) is 24.2 Å². The van der Waals surface area contributed by atoms with Gasteiger partial charge in [0.2, 0.25) is 0 Å². The van der Waals surface area contributed by atoms with E-state index in [4.69, 9.17) is 4.74 Å². The summed E-state index contributed by atoms with van der Waals surface area (Å²) in [6.07, 6.45) is 4.86. The quantitative estimate of drug-likeness (QED) is 0.670. The zero-order chi connectivity index (χ0) is 13.5. The summed E-state index contributed by atoms with van der Waals surface area (Å²) < 4.78 is 5.05. The van der Waals surface area contributed by atoms with Gasteiger partial charge in [0, 0.05) is 23.5 Å². The molecule has 1 heterocycles. The van der Waals surface area contributed by atoms with Crippen molar-refractivity contribution in [2.75, 3.05) is 7.11 Å². The first-order chi connectivity index (χ1) is 9.29. The molecule has 0 saturated heterocycles.